The Morgan fingerprint density at radius 1 is 1.40 bits per heavy atom. The number of aromatic nitrogens is 1. The number of nitrogens with one attached hydrogen (secondary N) is 1. The molecule has 1 atom stereocenters. The molecule has 1 saturated carbocycles. The quantitative estimate of drug-likeness (QED) is 0.795. The number of amides is 1. The number of carbonyl (C=O) groups is 1. The smallest absolute Gasteiger partial charge is 0.271 e. The van der Waals surface area contributed by atoms with Crippen LogP contribution in [0.5, 0.6) is 0 Å². The number of hydrogen-bond acceptors (Lipinski definition) is 4. The van der Waals surface area contributed by atoms with Crippen LogP contribution >= 0.6 is 23.7 Å². The van der Waals surface area contributed by atoms with Crippen LogP contribution in [0.4, 0.5) is 4.39 Å². The molecular formula is C18H23ClFN3OS. The molecule has 1 fully saturated rings. The lowest BCUT2D eigenvalue weighted by Crippen LogP contribution is -2.33. The second kappa shape index (κ2) is 9.27. The summed E-state index contributed by atoms with van der Waals surface area (Å²) in [7, 11) is 0. The van der Waals surface area contributed by atoms with Gasteiger partial charge in [-0.2, -0.15) is 0 Å². The minimum Gasteiger partial charge on any atom is -0.344 e. The molecule has 25 heavy (non-hydrogen) atoms. The summed E-state index contributed by atoms with van der Waals surface area (Å²) in [5.74, 6) is -0.128. The fraction of sp³-hybridized carbons (Fsp3) is 0.444. The van der Waals surface area contributed by atoms with Crippen molar-refractivity contribution in [2.75, 3.05) is 6.54 Å². The Kier molecular flexibility index (Phi) is 7.35. The molecule has 136 valence electrons. The van der Waals surface area contributed by atoms with Crippen LogP contribution in [0.3, 0.4) is 0 Å². The zero-order valence-corrected chi connectivity index (χ0v) is 15.5. The van der Waals surface area contributed by atoms with Crippen LogP contribution in [-0.4, -0.2) is 17.4 Å². The molecule has 1 aliphatic carbocycles. The summed E-state index contributed by atoms with van der Waals surface area (Å²) in [4.78, 5) is 16.9. The molecule has 4 nitrogen and oxygen atoms in total. The average molecular weight is 384 g/mol. The van der Waals surface area contributed by atoms with E-state index < -0.39 is 0 Å². The summed E-state index contributed by atoms with van der Waals surface area (Å²) in [6.07, 6.45) is 5.09. The molecule has 0 saturated heterocycles. The number of nitrogens with two attached hydrogens (primary N) is 1. The van der Waals surface area contributed by atoms with Gasteiger partial charge in [-0.25, -0.2) is 9.37 Å². The highest BCUT2D eigenvalue weighted by Gasteiger charge is 2.28. The highest BCUT2D eigenvalue weighted by atomic mass is 35.5. The lowest BCUT2D eigenvalue weighted by molar-refractivity contribution is 0.0917. The number of benzene rings is 1. The van der Waals surface area contributed by atoms with E-state index in [4.69, 9.17) is 5.73 Å². The zero-order valence-electron chi connectivity index (χ0n) is 13.9. The van der Waals surface area contributed by atoms with Gasteiger partial charge in [-0.15, -0.1) is 23.7 Å². The highest BCUT2D eigenvalue weighted by Crippen LogP contribution is 2.36. The standard InChI is InChI=1S/C18H22FN3OS.ClH/c19-14-7-3-6-13(10-14)17(12-4-1-2-5-12)22-18(23)15-11-24-16(21-15)8-9-20;/h3,6-7,10-12,17H,1-2,4-5,8-9,20H2,(H,22,23);1H. The molecule has 0 aliphatic heterocycles. The van der Waals surface area contributed by atoms with Gasteiger partial charge in [-0.1, -0.05) is 25.0 Å². The maximum Gasteiger partial charge on any atom is 0.271 e. The number of thiazole rings is 1. The van der Waals surface area contributed by atoms with Gasteiger partial charge >= 0.3 is 0 Å². The van der Waals surface area contributed by atoms with Crippen LogP contribution in [0.25, 0.3) is 0 Å². The van der Waals surface area contributed by atoms with E-state index in [-0.39, 0.29) is 30.2 Å². The van der Waals surface area contributed by atoms with Gasteiger partial charge in [0.05, 0.1) is 11.0 Å². The largest absolute Gasteiger partial charge is 0.344 e. The van der Waals surface area contributed by atoms with Gasteiger partial charge in [-0.05, 0) is 43.0 Å². The monoisotopic (exact) mass is 383 g/mol. The van der Waals surface area contributed by atoms with Crippen LogP contribution in [0, 0.1) is 11.7 Å². The predicted octanol–water partition coefficient (Wildman–Crippen LogP) is 3.87. The molecule has 1 heterocycles. The maximum absolute atomic E-state index is 13.6. The first-order valence-corrected chi connectivity index (χ1v) is 9.26. The third-order valence-corrected chi connectivity index (χ3v) is 5.42. The number of carbonyl (C=O) groups excluding carboxylic acids is 1. The van der Waals surface area contributed by atoms with Crippen LogP contribution < -0.4 is 11.1 Å². The first kappa shape index (κ1) is 19.8. The van der Waals surface area contributed by atoms with Gasteiger partial charge in [0.15, 0.2) is 0 Å². The van der Waals surface area contributed by atoms with E-state index in [1.165, 1.54) is 23.5 Å². The Bertz CT molecular complexity index is 703. The van der Waals surface area contributed by atoms with Crippen molar-refractivity contribution in [3.63, 3.8) is 0 Å². The van der Waals surface area contributed by atoms with Gasteiger partial charge in [0.1, 0.15) is 11.5 Å². The van der Waals surface area contributed by atoms with E-state index in [2.05, 4.69) is 10.3 Å². The summed E-state index contributed by atoms with van der Waals surface area (Å²) in [5.41, 5.74) is 6.78. The molecule has 3 rings (SSSR count). The van der Waals surface area contributed by atoms with Crippen molar-refractivity contribution in [3.05, 3.63) is 51.7 Å². The van der Waals surface area contributed by atoms with E-state index in [0.29, 0.717) is 24.6 Å². The summed E-state index contributed by atoms with van der Waals surface area (Å²) in [5, 5.41) is 5.71. The molecule has 1 unspecified atom stereocenters. The zero-order chi connectivity index (χ0) is 16.9. The molecule has 3 N–H and O–H groups in total. The van der Waals surface area contributed by atoms with E-state index >= 15 is 0 Å². The molecule has 1 aliphatic rings. The van der Waals surface area contributed by atoms with Crippen molar-refractivity contribution in [1.82, 2.24) is 10.3 Å². The van der Waals surface area contributed by atoms with E-state index in [9.17, 15) is 9.18 Å². The third-order valence-electron chi connectivity index (χ3n) is 4.51. The fourth-order valence-corrected chi connectivity index (χ4v) is 4.13. The van der Waals surface area contributed by atoms with Crippen molar-refractivity contribution in [2.24, 2.45) is 11.7 Å². The SMILES string of the molecule is Cl.NCCc1nc(C(=O)NC(c2cccc(F)c2)C2CCCC2)cs1. The van der Waals surface area contributed by atoms with Crippen LogP contribution in [0.15, 0.2) is 29.6 Å². The van der Waals surface area contributed by atoms with E-state index in [1.807, 2.05) is 6.07 Å². The molecule has 1 aromatic heterocycles. The minimum absolute atomic E-state index is 0. The highest BCUT2D eigenvalue weighted by molar-refractivity contribution is 7.09. The lowest BCUT2D eigenvalue weighted by Gasteiger charge is -2.25. The Labute approximate surface area is 157 Å². The first-order chi connectivity index (χ1) is 11.7. The van der Waals surface area contributed by atoms with Crippen LogP contribution in [-0.2, 0) is 6.42 Å². The average Bonchev–Trinajstić information content (AvgIpc) is 3.24. The predicted molar refractivity (Wildman–Crippen MR) is 101 cm³/mol. The van der Waals surface area contributed by atoms with Gasteiger partial charge < -0.3 is 11.1 Å². The molecular weight excluding hydrogens is 361 g/mol. The molecule has 0 spiro atoms. The third kappa shape index (κ3) is 5.00. The van der Waals surface area contributed by atoms with Crippen molar-refractivity contribution in [2.45, 2.75) is 38.1 Å². The Morgan fingerprint density at radius 3 is 2.84 bits per heavy atom. The molecule has 0 radical (unpaired) electrons. The van der Waals surface area contributed by atoms with Crippen LogP contribution in [0.2, 0.25) is 0 Å². The topological polar surface area (TPSA) is 68.0 Å². The van der Waals surface area contributed by atoms with Crippen LogP contribution in [0.1, 0.15) is 52.8 Å². The van der Waals surface area contributed by atoms with Crippen molar-refractivity contribution >= 4 is 29.7 Å². The summed E-state index contributed by atoms with van der Waals surface area (Å²) >= 11 is 1.45. The van der Waals surface area contributed by atoms with Gasteiger partial charge in [-0.3, -0.25) is 4.79 Å². The Hall–Kier alpha value is -1.50. The van der Waals surface area contributed by atoms with Crippen molar-refractivity contribution in [3.8, 4) is 0 Å². The Balaban J connectivity index is 0.00000225. The van der Waals surface area contributed by atoms with E-state index in [0.717, 1.165) is 36.3 Å². The summed E-state index contributed by atoms with van der Waals surface area (Å²) < 4.78 is 13.6. The number of halogens is 2. The number of hydrogen-bond donors (Lipinski definition) is 2. The summed E-state index contributed by atoms with van der Waals surface area (Å²) in [6, 6.07) is 6.35. The first-order valence-electron chi connectivity index (χ1n) is 8.38. The molecule has 7 heteroatoms. The lowest BCUT2D eigenvalue weighted by atomic mass is 9.91. The van der Waals surface area contributed by atoms with Gasteiger partial charge in [0.2, 0.25) is 0 Å². The van der Waals surface area contributed by atoms with Crippen molar-refractivity contribution < 1.29 is 9.18 Å². The van der Waals surface area contributed by atoms with Gasteiger partial charge in [0.25, 0.3) is 5.91 Å². The molecule has 2 aromatic rings. The number of nitrogens with zero attached hydrogens (tertiary/aromatic N) is 1. The molecule has 1 aromatic carbocycles. The number of rotatable bonds is 6. The second-order valence-electron chi connectivity index (χ2n) is 6.22. The molecule has 1 amide bonds. The van der Waals surface area contributed by atoms with E-state index in [1.54, 1.807) is 11.4 Å². The minimum atomic E-state index is -0.274. The maximum atomic E-state index is 13.6. The summed E-state index contributed by atoms with van der Waals surface area (Å²) in [6.45, 7) is 0.516. The van der Waals surface area contributed by atoms with Crippen molar-refractivity contribution in [1.29, 1.82) is 0 Å². The Morgan fingerprint density at radius 2 is 2.16 bits per heavy atom. The normalized spacial score (nSPS) is 15.6. The molecule has 0 bridgehead atoms. The fourth-order valence-electron chi connectivity index (χ4n) is 3.33. The second-order valence-corrected chi connectivity index (χ2v) is 7.16. The van der Waals surface area contributed by atoms with Gasteiger partial charge in [0, 0.05) is 11.8 Å².